The zero-order valence-electron chi connectivity index (χ0n) is 11.9. The molecule has 0 radical (unpaired) electrons. The molecule has 0 aliphatic heterocycles. The predicted octanol–water partition coefficient (Wildman–Crippen LogP) is 4.99. The molecule has 0 bridgehead atoms. The van der Waals surface area contributed by atoms with E-state index in [2.05, 4.69) is 31.4 Å². The molecule has 3 atom stereocenters. The SMILES string of the molecule is CCCC1CCC(NC)C(Sc2ccccc2Cl)C1. The van der Waals surface area contributed by atoms with Crippen molar-refractivity contribution in [3.63, 3.8) is 0 Å². The Bertz CT molecular complexity index is 396. The molecule has 0 saturated heterocycles. The maximum atomic E-state index is 6.29. The molecule has 0 aromatic heterocycles. The van der Waals surface area contributed by atoms with Crippen LogP contribution in [0.2, 0.25) is 5.02 Å². The maximum absolute atomic E-state index is 6.29. The first kappa shape index (κ1) is 15.2. The first-order chi connectivity index (χ1) is 9.24. The van der Waals surface area contributed by atoms with Gasteiger partial charge in [-0.2, -0.15) is 0 Å². The monoisotopic (exact) mass is 297 g/mol. The van der Waals surface area contributed by atoms with E-state index >= 15 is 0 Å². The van der Waals surface area contributed by atoms with Gasteiger partial charge in [0, 0.05) is 16.2 Å². The van der Waals surface area contributed by atoms with Gasteiger partial charge in [0.05, 0.1) is 5.02 Å². The summed E-state index contributed by atoms with van der Waals surface area (Å²) in [5, 5.41) is 5.03. The largest absolute Gasteiger partial charge is 0.316 e. The number of halogens is 1. The van der Waals surface area contributed by atoms with Crippen molar-refractivity contribution in [2.75, 3.05) is 7.05 Å². The van der Waals surface area contributed by atoms with E-state index in [1.807, 2.05) is 23.9 Å². The Kier molecular flexibility index (Phi) is 6.06. The van der Waals surface area contributed by atoms with Crippen molar-refractivity contribution >= 4 is 23.4 Å². The number of rotatable bonds is 5. The lowest BCUT2D eigenvalue weighted by molar-refractivity contribution is 0.295. The summed E-state index contributed by atoms with van der Waals surface area (Å²) in [5.41, 5.74) is 0. The van der Waals surface area contributed by atoms with Gasteiger partial charge in [-0.1, -0.05) is 43.5 Å². The molecule has 1 aromatic carbocycles. The Morgan fingerprint density at radius 1 is 1.32 bits per heavy atom. The van der Waals surface area contributed by atoms with Crippen LogP contribution in [-0.2, 0) is 0 Å². The molecule has 0 amide bonds. The van der Waals surface area contributed by atoms with Gasteiger partial charge < -0.3 is 5.32 Å². The van der Waals surface area contributed by atoms with Crippen LogP contribution in [0.25, 0.3) is 0 Å². The van der Waals surface area contributed by atoms with Gasteiger partial charge in [-0.15, -0.1) is 11.8 Å². The van der Waals surface area contributed by atoms with Gasteiger partial charge in [0.2, 0.25) is 0 Å². The van der Waals surface area contributed by atoms with Gasteiger partial charge in [-0.25, -0.2) is 0 Å². The van der Waals surface area contributed by atoms with Crippen molar-refractivity contribution in [3.05, 3.63) is 29.3 Å². The fourth-order valence-electron chi connectivity index (χ4n) is 3.05. The second-order valence-electron chi connectivity index (χ2n) is 5.45. The summed E-state index contributed by atoms with van der Waals surface area (Å²) in [6.07, 6.45) is 6.66. The summed E-state index contributed by atoms with van der Waals surface area (Å²) in [7, 11) is 2.09. The number of benzene rings is 1. The molecule has 1 saturated carbocycles. The van der Waals surface area contributed by atoms with Gasteiger partial charge in [0.1, 0.15) is 0 Å². The topological polar surface area (TPSA) is 12.0 Å². The van der Waals surface area contributed by atoms with E-state index in [0.29, 0.717) is 11.3 Å². The molecule has 1 N–H and O–H groups in total. The molecule has 2 rings (SSSR count). The van der Waals surface area contributed by atoms with E-state index in [9.17, 15) is 0 Å². The standard InChI is InChI=1S/C16H24ClNS/c1-3-6-12-9-10-14(18-2)16(11-12)19-15-8-5-4-7-13(15)17/h4-5,7-8,12,14,16,18H,3,6,9-11H2,1-2H3. The van der Waals surface area contributed by atoms with E-state index in [0.717, 1.165) is 10.9 Å². The quantitative estimate of drug-likeness (QED) is 0.822. The molecule has 0 heterocycles. The normalized spacial score (nSPS) is 27.4. The van der Waals surface area contributed by atoms with Gasteiger partial charge in [-0.3, -0.25) is 0 Å². The van der Waals surface area contributed by atoms with Crippen LogP contribution in [0.1, 0.15) is 39.0 Å². The van der Waals surface area contributed by atoms with Crippen LogP contribution in [0.4, 0.5) is 0 Å². The van der Waals surface area contributed by atoms with Crippen LogP contribution >= 0.6 is 23.4 Å². The van der Waals surface area contributed by atoms with Crippen molar-refractivity contribution in [3.8, 4) is 0 Å². The summed E-state index contributed by atoms with van der Waals surface area (Å²) in [6.45, 7) is 2.29. The lowest BCUT2D eigenvalue weighted by Crippen LogP contribution is -2.40. The van der Waals surface area contributed by atoms with Crippen LogP contribution in [0.15, 0.2) is 29.2 Å². The molecule has 1 aliphatic carbocycles. The van der Waals surface area contributed by atoms with Crippen LogP contribution in [0.5, 0.6) is 0 Å². The molecular formula is C16H24ClNS. The summed E-state index contributed by atoms with van der Waals surface area (Å²) >= 11 is 8.25. The zero-order chi connectivity index (χ0) is 13.7. The van der Waals surface area contributed by atoms with Gasteiger partial charge in [0.15, 0.2) is 0 Å². The fraction of sp³-hybridized carbons (Fsp3) is 0.625. The summed E-state index contributed by atoms with van der Waals surface area (Å²) in [5.74, 6) is 0.898. The highest BCUT2D eigenvalue weighted by Crippen LogP contribution is 2.40. The minimum Gasteiger partial charge on any atom is -0.316 e. The Balaban J connectivity index is 2.04. The summed E-state index contributed by atoms with van der Waals surface area (Å²) in [6, 6.07) is 8.83. The number of thioether (sulfide) groups is 1. The highest BCUT2D eigenvalue weighted by molar-refractivity contribution is 8.00. The maximum Gasteiger partial charge on any atom is 0.0541 e. The molecule has 3 heteroatoms. The second-order valence-corrected chi connectivity index (χ2v) is 7.14. The Morgan fingerprint density at radius 3 is 2.79 bits per heavy atom. The lowest BCUT2D eigenvalue weighted by Gasteiger charge is -2.35. The third kappa shape index (κ3) is 4.14. The third-order valence-corrected chi connectivity index (χ3v) is 5.96. The third-order valence-electron chi connectivity index (χ3n) is 4.08. The summed E-state index contributed by atoms with van der Waals surface area (Å²) < 4.78 is 0. The van der Waals surface area contributed by atoms with Crippen LogP contribution in [0, 0.1) is 5.92 Å². The highest BCUT2D eigenvalue weighted by atomic mass is 35.5. The number of hydrogen-bond donors (Lipinski definition) is 1. The Morgan fingerprint density at radius 2 is 2.11 bits per heavy atom. The minimum absolute atomic E-state index is 0.620. The van der Waals surface area contributed by atoms with Crippen LogP contribution in [0.3, 0.4) is 0 Å². The molecule has 1 aliphatic rings. The first-order valence-corrected chi connectivity index (χ1v) is 8.58. The minimum atomic E-state index is 0.620. The van der Waals surface area contributed by atoms with Crippen molar-refractivity contribution in [1.82, 2.24) is 5.32 Å². The van der Waals surface area contributed by atoms with E-state index in [1.165, 1.54) is 37.0 Å². The Labute approximate surface area is 126 Å². The first-order valence-electron chi connectivity index (χ1n) is 7.33. The average molecular weight is 298 g/mol. The average Bonchev–Trinajstić information content (AvgIpc) is 2.42. The van der Waals surface area contributed by atoms with E-state index < -0.39 is 0 Å². The zero-order valence-corrected chi connectivity index (χ0v) is 13.4. The summed E-state index contributed by atoms with van der Waals surface area (Å²) in [4.78, 5) is 1.23. The molecule has 1 aromatic rings. The van der Waals surface area contributed by atoms with Crippen molar-refractivity contribution in [1.29, 1.82) is 0 Å². The van der Waals surface area contributed by atoms with Gasteiger partial charge in [-0.05, 0) is 44.4 Å². The fourth-order valence-corrected chi connectivity index (χ4v) is 4.78. The van der Waals surface area contributed by atoms with E-state index in [4.69, 9.17) is 11.6 Å². The van der Waals surface area contributed by atoms with Crippen molar-refractivity contribution in [2.24, 2.45) is 5.92 Å². The smallest absolute Gasteiger partial charge is 0.0541 e. The molecule has 106 valence electrons. The van der Waals surface area contributed by atoms with Gasteiger partial charge >= 0.3 is 0 Å². The molecule has 19 heavy (non-hydrogen) atoms. The molecule has 1 fully saturated rings. The molecule has 1 nitrogen and oxygen atoms in total. The second kappa shape index (κ2) is 7.56. The predicted molar refractivity (Wildman–Crippen MR) is 86.2 cm³/mol. The molecule has 0 spiro atoms. The Hall–Kier alpha value is -0.180. The van der Waals surface area contributed by atoms with Crippen molar-refractivity contribution in [2.45, 2.75) is 55.2 Å². The number of nitrogens with one attached hydrogen (secondary N) is 1. The van der Waals surface area contributed by atoms with Crippen LogP contribution in [-0.4, -0.2) is 18.3 Å². The lowest BCUT2D eigenvalue weighted by atomic mass is 9.83. The molecule has 3 unspecified atom stereocenters. The van der Waals surface area contributed by atoms with E-state index in [-0.39, 0.29) is 0 Å². The van der Waals surface area contributed by atoms with Gasteiger partial charge in [0.25, 0.3) is 0 Å². The number of hydrogen-bond acceptors (Lipinski definition) is 2. The van der Waals surface area contributed by atoms with E-state index in [1.54, 1.807) is 0 Å². The van der Waals surface area contributed by atoms with Crippen molar-refractivity contribution < 1.29 is 0 Å². The molecular weight excluding hydrogens is 274 g/mol. The van der Waals surface area contributed by atoms with Crippen LogP contribution < -0.4 is 5.32 Å². The highest BCUT2D eigenvalue weighted by Gasteiger charge is 2.30.